The molecule has 2 rings (SSSR count). The van der Waals surface area contributed by atoms with Crippen molar-refractivity contribution in [3.63, 3.8) is 0 Å². The number of thiophene rings is 1. The minimum absolute atomic E-state index is 0.0589. The Morgan fingerprint density at radius 3 is 2.79 bits per heavy atom. The number of hydrogen-bond donors (Lipinski definition) is 1. The molecule has 0 saturated heterocycles. The number of amides is 1. The number of rotatable bonds is 9. The first-order chi connectivity index (χ1) is 11.6. The summed E-state index contributed by atoms with van der Waals surface area (Å²) in [5.41, 5.74) is 0.631. The maximum atomic E-state index is 12.3. The molecule has 0 atom stereocenters. The van der Waals surface area contributed by atoms with E-state index in [2.05, 4.69) is 31.0 Å². The van der Waals surface area contributed by atoms with Gasteiger partial charge in [0.1, 0.15) is 12.4 Å². The fraction of sp³-hybridized carbons (Fsp3) is 0.421. The van der Waals surface area contributed by atoms with Crippen LogP contribution in [0.15, 0.2) is 41.8 Å². The molecule has 0 saturated carbocycles. The Hall–Kier alpha value is -1.85. The van der Waals surface area contributed by atoms with E-state index in [4.69, 9.17) is 4.74 Å². The van der Waals surface area contributed by atoms with Crippen molar-refractivity contribution in [3.05, 3.63) is 52.2 Å². The zero-order valence-electron chi connectivity index (χ0n) is 14.6. The fourth-order valence-corrected chi connectivity index (χ4v) is 3.09. The van der Waals surface area contributed by atoms with Gasteiger partial charge in [-0.3, -0.25) is 9.69 Å². The summed E-state index contributed by atoms with van der Waals surface area (Å²) in [4.78, 5) is 15.8. The van der Waals surface area contributed by atoms with E-state index >= 15 is 0 Å². The van der Waals surface area contributed by atoms with Crippen molar-refractivity contribution in [2.24, 2.45) is 0 Å². The molecule has 130 valence electrons. The van der Waals surface area contributed by atoms with E-state index in [9.17, 15) is 4.79 Å². The summed E-state index contributed by atoms with van der Waals surface area (Å²) in [5.74, 6) is 0.657. The zero-order chi connectivity index (χ0) is 17.4. The van der Waals surface area contributed by atoms with E-state index in [-0.39, 0.29) is 5.91 Å². The number of carbonyl (C=O) groups is 1. The number of likely N-dealkylation sites (N-methyl/N-ethyl adjacent to an activating group) is 1. The van der Waals surface area contributed by atoms with Crippen LogP contribution in [0.25, 0.3) is 0 Å². The fourth-order valence-electron chi connectivity index (χ4n) is 2.47. The van der Waals surface area contributed by atoms with Crippen molar-refractivity contribution in [1.82, 2.24) is 10.2 Å². The Morgan fingerprint density at radius 2 is 2.12 bits per heavy atom. The molecule has 0 bridgehead atoms. The minimum atomic E-state index is -0.0589. The molecule has 1 aromatic carbocycles. The lowest BCUT2D eigenvalue weighted by atomic mass is 10.2. The molecule has 1 amide bonds. The highest BCUT2D eigenvalue weighted by atomic mass is 32.1. The summed E-state index contributed by atoms with van der Waals surface area (Å²) in [6.45, 7) is 9.48. The van der Waals surface area contributed by atoms with Gasteiger partial charge in [-0.25, -0.2) is 0 Å². The van der Waals surface area contributed by atoms with Crippen LogP contribution in [0, 0.1) is 0 Å². The Morgan fingerprint density at radius 1 is 1.29 bits per heavy atom. The van der Waals surface area contributed by atoms with Gasteiger partial charge in [0.05, 0.1) is 0 Å². The molecule has 0 aliphatic carbocycles. The quantitative estimate of drug-likeness (QED) is 0.751. The van der Waals surface area contributed by atoms with Crippen molar-refractivity contribution in [1.29, 1.82) is 0 Å². The lowest BCUT2D eigenvalue weighted by Crippen LogP contribution is -2.38. The minimum Gasteiger partial charge on any atom is -0.488 e. The van der Waals surface area contributed by atoms with Crippen LogP contribution in [-0.4, -0.2) is 36.5 Å². The molecule has 0 unspecified atom stereocenters. The second-order valence-corrected chi connectivity index (χ2v) is 6.91. The molecular weight excluding hydrogens is 320 g/mol. The van der Waals surface area contributed by atoms with Gasteiger partial charge < -0.3 is 10.1 Å². The summed E-state index contributed by atoms with van der Waals surface area (Å²) >= 11 is 1.66. The second kappa shape index (κ2) is 9.45. The Balaban J connectivity index is 1.84. The third-order valence-electron chi connectivity index (χ3n) is 3.88. The van der Waals surface area contributed by atoms with Crippen LogP contribution in [0.2, 0.25) is 0 Å². The van der Waals surface area contributed by atoms with E-state index in [0.29, 0.717) is 30.5 Å². The lowest BCUT2D eigenvalue weighted by Gasteiger charge is -2.24. The second-order valence-electron chi connectivity index (χ2n) is 5.87. The Labute approximate surface area is 148 Å². The van der Waals surface area contributed by atoms with Gasteiger partial charge in [0.25, 0.3) is 5.91 Å². The number of carbonyl (C=O) groups excluding carboxylic acids is 1. The first-order valence-corrected chi connectivity index (χ1v) is 9.25. The molecule has 0 aliphatic heterocycles. The van der Waals surface area contributed by atoms with Gasteiger partial charge in [-0.1, -0.05) is 19.1 Å². The predicted octanol–water partition coefficient (Wildman–Crippen LogP) is 3.79. The summed E-state index contributed by atoms with van der Waals surface area (Å²) in [6.07, 6.45) is 0. The number of nitrogens with one attached hydrogen (secondary N) is 1. The molecule has 1 aromatic heterocycles. The summed E-state index contributed by atoms with van der Waals surface area (Å²) < 4.78 is 5.75. The molecule has 1 heterocycles. The standard InChI is InChI=1S/C19H26N2O2S/c1-4-21(15(2)3)11-10-20-19(22)16-7-5-8-17(13-16)23-14-18-9-6-12-24-18/h5-9,12-13,15H,4,10-11,14H2,1-3H3,(H,20,22). The molecule has 24 heavy (non-hydrogen) atoms. The molecule has 0 fully saturated rings. The maximum Gasteiger partial charge on any atom is 0.251 e. The lowest BCUT2D eigenvalue weighted by molar-refractivity contribution is 0.0945. The van der Waals surface area contributed by atoms with Crippen LogP contribution in [0.1, 0.15) is 36.0 Å². The number of ether oxygens (including phenoxy) is 1. The van der Waals surface area contributed by atoms with Gasteiger partial charge in [0.15, 0.2) is 0 Å². The summed E-state index contributed by atoms with van der Waals surface area (Å²) in [6, 6.07) is 11.9. The van der Waals surface area contributed by atoms with Crippen molar-refractivity contribution >= 4 is 17.2 Å². The predicted molar refractivity (Wildman–Crippen MR) is 99.8 cm³/mol. The van der Waals surface area contributed by atoms with E-state index in [1.807, 2.05) is 35.7 Å². The SMILES string of the molecule is CCN(CCNC(=O)c1cccc(OCc2cccs2)c1)C(C)C. The monoisotopic (exact) mass is 346 g/mol. The van der Waals surface area contributed by atoms with E-state index in [1.165, 1.54) is 0 Å². The highest BCUT2D eigenvalue weighted by molar-refractivity contribution is 7.09. The zero-order valence-corrected chi connectivity index (χ0v) is 15.4. The number of nitrogens with zero attached hydrogens (tertiary/aromatic N) is 1. The molecule has 0 aliphatic rings. The van der Waals surface area contributed by atoms with Gasteiger partial charge in [-0.15, -0.1) is 11.3 Å². The topological polar surface area (TPSA) is 41.6 Å². The average Bonchev–Trinajstić information content (AvgIpc) is 3.10. The highest BCUT2D eigenvalue weighted by Gasteiger charge is 2.09. The molecule has 1 N–H and O–H groups in total. The normalized spacial score (nSPS) is 11.0. The molecule has 0 spiro atoms. The van der Waals surface area contributed by atoms with Gasteiger partial charge in [0, 0.05) is 29.6 Å². The molecular formula is C19H26N2O2S. The summed E-state index contributed by atoms with van der Waals surface area (Å²) in [5, 5.41) is 5.01. The number of hydrogen-bond acceptors (Lipinski definition) is 4. The van der Waals surface area contributed by atoms with Crippen molar-refractivity contribution in [2.75, 3.05) is 19.6 Å². The van der Waals surface area contributed by atoms with Crippen LogP contribution in [0.4, 0.5) is 0 Å². The van der Waals surface area contributed by atoms with Crippen LogP contribution in [-0.2, 0) is 6.61 Å². The highest BCUT2D eigenvalue weighted by Crippen LogP contribution is 2.17. The van der Waals surface area contributed by atoms with Gasteiger partial charge in [0.2, 0.25) is 0 Å². The smallest absolute Gasteiger partial charge is 0.251 e. The van der Waals surface area contributed by atoms with Crippen LogP contribution in [0.3, 0.4) is 0 Å². The molecule has 0 radical (unpaired) electrons. The van der Waals surface area contributed by atoms with Crippen molar-refractivity contribution < 1.29 is 9.53 Å². The van der Waals surface area contributed by atoms with Crippen LogP contribution >= 0.6 is 11.3 Å². The first-order valence-electron chi connectivity index (χ1n) is 8.37. The van der Waals surface area contributed by atoms with Gasteiger partial charge in [-0.2, -0.15) is 0 Å². The maximum absolute atomic E-state index is 12.3. The molecule has 4 nitrogen and oxygen atoms in total. The van der Waals surface area contributed by atoms with Crippen LogP contribution in [0.5, 0.6) is 5.75 Å². The van der Waals surface area contributed by atoms with E-state index in [1.54, 1.807) is 17.4 Å². The van der Waals surface area contributed by atoms with Crippen LogP contribution < -0.4 is 10.1 Å². The number of benzene rings is 1. The van der Waals surface area contributed by atoms with Gasteiger partial charge in [-0.05, 0) is 50.0 Å². The third-order valence-corrected chi connectivity index (χ3v) is 4.73. The summed E-state index contributed by atoms with van der Waals surface area (Å²) in [7, 11) is 0. The van der Waals surface area contributed by atoms with Gasteiger partial charge >= 0.3 is 0 Å². The first kappa shape index (κ1) is 18.5. The van der Waals surface area contributed by atoms with Crippen molar-refractivity contribution in [3.8, 4) is 5.75 Å². The van der Waals surface area contributed by atoms with E-state index < -0.39 is 0 Å². The molecule has 5 heteroatoms. The largest absolute Gasteiger partial charge is 0.488 e. The average molecular weight is 346 g/mol. The molecule has 2 aromatic rings. The Bertz CT molecular complexity index is 626. The van der Waals surface area contributed by atoms with Crippen molar-refractivity contribution in [2.45, 2.75) is 33.4 Å². The Kier molecular flexibility index (Phi) is 7.28. The van der Waals surface area contributed by atoms with E-state index in [0.717, 1.165) is 18.0 Å². The third kappa shape index (κ3) is 5.65.